The number of morpholine rings is 1. The lowest BCUT2D eigenvalue weighted by Crippen LogP contribution is -2.42. The van der Waals surface area contributed by atoms with Gasteiger partial charge in [0.1, 0.15) is 5.75 Å². The average molecular weight is 354 g/mol. The van der Waals surface area contributed by atoms with Crippen LogP contribution in [0.2, 0.25) is 0 Å². The Bertz CT molecular complexity index is 730. The molecule has 0 unspecified atom stereocenters. The number of rotatable bonds is 6. The fraction of sp³-hybridized carbons (Fsp3) is 0.381. The first kappa shape index (κ1) is 18.4. The lowest BCUT2D eigenvalue weighted by atomic mass is 10.1. The Balaban J connectivity index is 1.55. The first-order valence-electron chi connectivity index (χ1n) is 8.96. The molecule has 2 aromatic carbocycles. The van der Waals surface area contributed by atoms with Gasteiger partial charge in [-0.05, 0) is 35.4 Å². The van der Waals surface area contributed by atoms with Crippen molar-refractivity contribution in [2.24, 2.45) is 0 Å². The van der Waals surface area contributed by atoms with Crippen molar-refractivity contribution in [1.29, 1.82) is 0 Å². The number of nitrogens with zero attached hydrogens (tertiary/aromatic N) is 1. The fourth-order valence-electron chi connectivity index (χ4n) is 3.26. The van der Waals surface area contributed by atoms with Gasteiger partial charge in [-0.2, -0.15) is 0 Å². The van der Waals surface area contributed by atoms with E-state index in [0.29, 0.717) is 0 Å². The number of hydrogen-bond donors (Lipinski definition) is 1. The van der Waals surface area contributed by atoms with Crippen LogP contribution >= 0.6 is 0 Å². The Morgan fingerprint density at radius 1 is 1.23 bits per heavy atom. The molecule has 1 amide bonds. The van der Waals surface area contributed by atoms with Crippen LogP contribution in [0.3, 0.4) is 0 Å². The number of methoxy groups -OCH3 is 1. The molecule has 0 saturated carbocycles. The second-order valence-electron chi connectivity index (χ2n) is 6.66. The van der Waals surface area contributed by atoms with E-state index in [-0.39, 0.29) is 12.0 Å². The van der Waals surface area contributed by atoms with Gasteiger partial charge in [-0.1, -0.05) is 24.3 Å². The first-order chi connectivity index (χ1) is 12.6. The summed E-state index contributed by atoms with van der Waals surface area (Å²) in [6.45, 7) is 4.99. The molecule has 1 atom stereocenters. The summed E-state index contributed by atoms with van der Waals surface area (Å²) in [6, 6.07) is 16.2. The summed E-state index contributed by atoms with van der Waals surface area (Å²) in [5.74, 6) is 0.834. The molecule has 138 valence electrons. The summed E-state index contributed by atoms with van der Waals surface area (Å²) in [4.78, 5) is 13.5. The van der Waals surface area contributed by atoms with E-state index in [2.05, 4.69) is 34.5 Å². The molecular formula is C21H26N2O3. The SMILES string of the molecule is COc1cccc(C[C@@H]2CN(Cc3ccc(NC(C)=O)cc3)CCO2)c1. The van der Waals surface area contributed by atoms with E-state index >= 15 is 0 Å². The van der Waals surface area contributed by atoms with Crippen molar-refractivity contribution in [1.82, 2.24) is 4.90 Å². The Hall–Kier alpha value is -2.37. The maximum absolute atomic E-state index is 11.1. The third-order valence-electron chi connectivity index (χ3n) is 4.50. The highest BCUT2D eigenvalue weighted by molar-refractivity contribution is 5.88. The number of hydrogen-bond acceptors (Lipinski definition) is 4. The van der Waals surface area contributed by atoms with Crippen LogP contribution in [0.25, 0.3) is 0 Å². The van der Waals surface area contributed by atoms with Gasteiger partial charge in [0.15, 0.2) is 0 Å². The number of carbonyl (C=O) groups excluding carboxylic acids is 1. The van der Waals surface area contributed by atoms with Crippen LogP contribution in [0.4, 0.5) is 5.69 Å². The minimum Gasteiger partial charge on any atom is -0.497 e. The van der Waals surface area contributed by atoms with Crippen LogP contribution in [-0.4, -0.2) is 43.7 Å². The van der Waals surface area contributed by atoms with Crippen molar-refractivity contribution in [3.05, 3.63) is 59.7 Å². The van der Waals surface area contributed by atoms with Gasteiger partial charge in [-0.15, -0.1) is 0 Å². The molecule has 0 aliphatic carbocycles. The molecule has 0 aromatic heterocycles. The van der Waals surface area contributed by atoms with E-state index in [0.717, 1.165) is 44.1 Å². The zero-order chi connectivity index (χ0) is 18.4. The van der Waals surface area contributed by atoms with E-state index in [1.54, 1.807) is 7.11 Å². The Morgan fingerprint density at radius 3 is 2.77 bits per heavy atom. The third-order valence-corrected chi connectivity index (χ3v) is 4.50. The molecule has 1 N–H and O–H groups in total. The number of nitrogens with one attached hydrogen (secondary N) is 1. The van der Waals surface area contributed by atoms with Crippen LogP contribution in [0, 0.1) is 0 Å². The summed E-state index contributed by atoms with van der Waals surface area (Å²) >= 11 is 0. The molecule has 5 heteroatoms. The van der Waals surface area contributed by atoms with Crippen LogP contribution in [0.15, 0.2) is 48.5 Å². The van der Waals surface area contributed by atoms with Crippen LogP contribution < -0.4 is 10.1 Å². The molecule has 3 rings (SSSR count). The minimum absolute atomic E-state index is 0.0497. The van der Waals surface area contributed by atoms with Crippen LogP contribution in [-0.2, 0) is 22.5 Å². The molecule has 5 nitrogen and oxygen atoms in total. The van der Waals surface area contributed by atoms with Crippen molar-refractivity contribution < 1.29 is 14.3 Å². The van der Waals surface area contributed by atoms with E-state index in [9.17, 15) is 4.79 Å². The average Bonchev–Trinajstić information content (AvgIpc) is 2.63. The highest BCUT2D eigenvalue weighted by Crippen LogP contribution is 2.18. The van der Waals surface area contributed by atoms with Crippen molar-refractivity contribution in [2.75, 3.05) is 32.1 Å². The standard InChI is InChI=1S/C21H26N2O3/c1-16(24)22-19-8-6-17(7-9-19)14-23-10-11-26-21(15-23)13-18-4-3-5-20(12-18)25-2/h3-9,12,21H,10-11,13-15H2,1-2H3,(H,22,24)/t21-/m1/s1. The summed E-state index contributed by atoms with van der Waals surface area (Å²) in [5, 5.41) is 2.80. The highest BCUT2D eigenvalue weighted by Gasteiger charge is 2.21. The summed E-state index contributed by atoms with van der Waals surface area (Å²) in [7, 11) is 1.69. The normalized spacial score (nSPS) is 17.7. The maximum atomic E-state index is 11.1. The van der Waals surface area contributed by atoms with Crippen LogP contribution in [0.5, 0.6) is 5.75 Å². The summed E-state index contributed by atoms with van der Waals surface area (Å²) in [6.07, 6.45) is 1.07. The highest BCUT2D eigenvalue weighted by atomic mass is 16.5. The number of benzene rings is 2. The fourth-order valence-corrected chi connectivity index (χ4v) is 3.26. The van der Waals surface area contributed by atoms with E-state index in [1.165, 1.54) is 18.1 Å². The van der Waals surface area contributed by atoms with Gasteiger partial charge in [0.05, 0.1) is 19.8 Å². The van der Waals surface area contributed by atoms with Crippen LogP contribution in [0.1, 0.15) is 18.1 Å². The maximum Gasteiger partial charge on any atom is 0.221 e. The lowest BCUT2D eigenvalue weighted by molar-refractivity contribution is -0.114. The van der Waals surface area contributed by atoms with Gasteiger partial charge in [-0.25, -0.2) is 0 Å². The molecule has 0 bridgehead atoms. The number of anilines is 1. The van der Waals surface area contributed by atoms with E-state index in [4.69, 9.17) is 9.47 Å². The predicted octanol–water partition coefficient (Wildman–Crippen LogP) is 3.10. The molecule has 0 radical (unpaired) electrons. The lowest BCUT2D eigenvalue weighted by Gasteiger charge is -2.33. The van der Waals surface area contributed by atoms with Crippen molar-refractivity contribution in [3.8, 4) is 5.75 Å². The van der Waals surface area contributed by atoms with Gasteiger partial charge >= 0.3 is 0 Å². The first-order valence-corrected chi connectivity index (χ1v) is 8.96. The second-order valence-corrected chi connectivity index (χ2v) is 6.66. The second kappa shape index (κ2) is 8.83. The Morgan fingerprint density at radius 2 is 2.04 bits per heavy atom. The number of amides is 1. The van der Waals surface area contributed by atoms with E-state index < -0.39 is 0 Å². The molecule has 2 aromatic rings. The van der Waals surface area contributed by atoms with Crippen molar-refractivity contribution in [2.45, 2.75) is 26.0 Å². The molecule has 1 heterocycles. The van der Waals surface area contributed by atoms with Gasteiger partial charge in [0.2, 0.25) is 5.91 Å². The Kier molecular flexibility index (Phi) is 6.26. The van der Waals surface area contributed by atoms with Crippen molar-refractivity contribution >= 4 is 11.6 Å². The molecule has 1 aliphatic heterocycles. The molecule has 1 fully saturated rings. The third kappa shape index (κ3) is 5.31. The molecule has 26 heavy (non-hydrogen) atoms. The summed E-state index contributed by atoms with van der Waals surface area (Å²) < 4.78 is 11.3. The molecule has 1 saturated heterocycles. The minimum atomic E-state index is -0.0497. The van der Waals surface area contributed by atoms with Gasteiger partial charge in [0, 0.05) is 38.7 Å². The zero-order valence-electron chi connectivity index (χ0n) is 15.4. The smallest absolute Gasteiger partial charge is 0.221 e. The molecular weight excluding hydrogens is 328 g/mol. The number of ether oxygens (including phenoxy) is 2. The van der Waals surface area contributed by atoms with Gasteiger partial charge in [0.25, 0.3) is 0 Å². The Labute approximate surface area is 154 Å². The molecule has 1 aliphatic rings. The van der Waals surface area contributed by atoms with Crippen molar-refractivity contribution in [3.63, 3.8) is 0 Å². The van der Waals surface area contributed by atoms with Gasteiger partial charge in [-0.3, -0.25) is 9.69 Å². The number of carbonyl (C=O) groups is 1. The predicted molar refractivity (Wildman–Crippen MR) is 102 cm³/mol. The monoisotopic (exact) mass is 354 g/mol. The quantitative estimate of drug-likeness (QED) is 0.866. The topological polar surface area (TPSA) is 50.8 Å². The zero-order valence-corrected chi connectivity index (χ0v) is 15.4. The van der Waals surface area contributed by atoms with Gasteiger partial charge < -0.3 is 14.8 Å². The largest absolute Gasteiger partial charge is 0.497 e. The molecule has 0 spiro atoms. The van der Waals surface area contributed by atoms with E-state index in [1.807, 2.05) is 24.3 Å². The summed E-state index contributed by atoms with van der Waals surface area (Å²) in [5.41, 5.74) is 3.30.